The molecular formula is C24H28BrClN4O2Si. The van der Waals surface area contributed by atoms with Gasteiger partial charge in [0.2, 0.25) is 11.8 Å². The molecule has 0 aliphatic carbocycles. The van der Waals surface area contributed by atoms with E-state index in [0.717, 1.165) is 15.7 Å². The molecule has 1 aromatic heterocycles. The number of rotatable bonds is 7. The van der Waals surface area contributed by atoms with E-state index in [0.29, 0.717) is 22.4 Å². The highest BCUT2D eigenvalue weighted by Crippen LogP contribution is 2.39. The Morgan fingerprint density at radius 3 is 2.39 bits per heavy atom. The summed E-state index contributed by atoms with van der Waals surface area (Å²) in [5, 5.41) is 21.6. The van der Waals surface area contributed by atoms with Gasteiger partial charge in [0.15, 0.2) is 8.32 Å². The van der Waals surface area contributed by atoms with Crippen molar-refractivity contribution in [3.8, 4) is 17.5 Å². The molecule has 0 saturated heterocycles. The maximum absolute atomic E-state index is 9.18. The van der Waals surface area contributed by atoms with Gasteiger partial charge in [-0.2, -0.15) is 5.26 Å². The first-order valence-electron chi connectivity index (χ1n) is 10.6. The van der Waals surface area contributed by atoms with Crippen molar-refractivity contribution in [3.63, 3.8) is 0 Å². The van der Waals surface area contributed by atoms with Crippen LogP contribution in [0.5, 0.6) is 0 Å². The van der Waals surface area contributed by atoms with Crippen LogP contribution in [-0.4, -0.2) is 24.6 Å². The van der Waals surface area contributed by atoms with Gasteiger partial charge in [-0.3, -0.25) is 0 Å². The number of nitriles is 1. The molecule has 0 amide bonds. The summed E-state index contributed by atoms with van der Waals surface area (Å²) in [6.07, 6.45) is -0.265. The Morgan fingerprint density at radius 1 is 1.15 bits per heavy atom. The first-order chi connectivity index (χ1) is 15.4. The van der Waals surface area contributed by atoms with Crippen molar-refractivity contribution >= 4 is 41.5 Å². The van der Waals surface area contributed by atoms with E-state index < -0.39 is 14.4 Å². The maximum atomic E-state index is 9.18. The zero-order valence-corrected chi connectivity index (χ0v) is 23.0. The van der Waals surface area contributed by atoms with Crippen LogP contribution in [0.1, 0.15) is 45.2 Å². The lowest BCUT2D eigenvalue weighted by atomic mass is 10.1. The summed E-state index contributed by atoms with van der Waals surface area (Å²) < 4.78 is 13.7. The molecule has 174 valence electrons. The van der Waals surface area contributed by atoms with Gasteiger partial charge in [0.05, 0.1) is 16.7 Å². The predicted molar refractivity (Wildman–Crippen MR) is 138 cm³/mol. The topological polar surface area (TPSA) is 84.0 Å². The molecule has 0 spiro atoms. The van der Waals surface area contributed by atoms with E-state index in [1.807, 2.05) is 37.3 Å². The largest absolute Gasteiger partial charge is 0.418 e. The minimum Gasteiger partial charge on any atom is -0.418 e. The normalized spacial score (nSPS) is 13.9. The Kier molecular flexibility index (Phi) is 7.69. The third-order valence-electron chi connectivity index (χ3n) is 5.97. The maximum Gasteiger partial charge on any atom is 0.247 e. The number of hydrogen-bond donors (Lipinski definition) is 1. The molecule has 0 aliphatic heterocycles. The molecule has 1 N–H and O–H groups in total. The number of hydrogen-bond acceptors (Lipinski definition) is 6. The predicted octanol–water partition coefficient (Wildman–Crippen LogP) is 7.59. The highest BCUT2D eigenvalue weighted by atomic mass is 79.9. The molecule has 1 heterocycles. The highest BCUT2D eigenvalue weighted by molar-refractivity contribution is 9.10. The van der Waals surface area contributed by atoms with E-state index in [9.17, 15) is 5.26 Å². The number of nitrogens with one attached hydrogen (secondary N) is 1. The molecular weight excluding hydrogens is 520 g/mol. The van der Waals surface area contributed by atoms with Crippen LogP contribution in [0.4, 0.5) is 5.69 Å². The molecule has 0 bridgehead atoms. The van der Waals surface area contributed by atoms with Gasteiger partial charge in [-0.25, -0.2) is 0 Å². The molecule has 6 nitrogen and oxygen atoms in total. The van der Waals surface area contributed by atoms with Gasteiger partial charge in [0.1, 0.15) is 12.1 Å². The van der Waals surface area contributed by atoms with E-state index in [2.05, 4.69) is 71.4 Å². The Morgan fingerprint density at radius 2 is 1.82 bits per heavy atom. The van der Waals surface area contributed by atoms with Crippen LogP contribution in [0.3, 0.4) is 0 Å². The Labute approximate surface area is 209 Å². The fourth-order valence-electron chi connectivity index (χ4n) is 3.03. The van der Waals surface area contributed by atoms with Crippen molar-refractivity contribution in [2.45, 2.75) is 58.0 Å². The van der Waals surface area contributed by atoms with E-state index in [-0.39, 0.29) is 11.1 Å². The van der Waals surface area contributed by atoms with Gasteiger partial charge in [-0.1, -0.05) is 48.3 Å². The van der Waals surface area contributed by atoms with Gasteiger partial charge in [0, 0.05) is 15.7 Å². The smallest absolute Gasteiger partial charge is 0.247 e. The molecule has 0 saturated carbocycles. The molecule has 2 atom stereocenters. The Hall–Kier alpha value is -2.18. The molecule has 3 rings (SSSR count). The van der Waals surface area contributed by atoms with Crippen LogP contribution in [0.25, 0.3) is 11.5 Å². The lowest BCUT2D eigenvalue weighted by Gasteiger charge is -2.40. The second-order valence-corrected chi connectivity index (χ2v) is 15.5. The van der Waals surface area contributed by atoms with Crippen molar-refractivity contribution in [2.24, 2.45) is 0 Å². The molecule has 3 aromatic rings. The summed E-state index contributed by atoms with van der Waals surface area (Å²) in [6, 6.07) is 14.6. The van der Waals surface area contributed by atoms with Crippen molar-refractivity contribution in [1.29, 1.82) is 5.26 Å². The summed E-state index contributed by atoms with van der Waals surface area (Å²) in [7, 11) is -2.07. The number of benzene rings is 2. The van der Waals surface area contributed by atoms with Crippen molar-refractivity contribution in [2.75, 3.05) is 5.32 Å². The van der Waals surface area contributed by atoms with Gasteiger partial charge < -0.3 is 14.2 Å². The lowest BCUT2D eigenvalue weighted by molar-refractivity contribution is 0.166. The third-order valence-corrected chi connectivity index (χ3v) is 11.4. The van der Waals surface area contributed by atoms with E-state index >= 15 is 0 Å². The number of nitrogens with zero attached hydrogens (tertiary/aromatic N) is 3. The van der Waals surface area contributed by atoms with E-state index in [1.54, 1.807) is 12.1 Å². The second kappa shape index (κ2) is 9.98. The summed E-state index contributed by atoms with van der Waals surface area (Å²) in [6.45, 7) is 13.0. The molecule has 0 radical (unpaired) electrons. The lowest BCUT2D eigenvalue weighted by Crippen LogP contribution is -2.45. The first kappa shape index (κ1) is 25.4. The molecule has 0 fully saturated rings. The van der Waals surface area contributed by atoms with Gasteiger partial charge >= 0.3 is 0 Å². The van der Waals surface area contributed by atoms with Gasteiger partial charge in [-0.05, 0) is 67.5 Å². The quantitative estimate of drug-likeness (QED) is 0.307. The first-order valence-corrected chi connectivity index (χ1v) is 14.7. The molecule has 2 aromatic carbocycles. The number of aromatic nitrogens is 2. The van der Waals surface area contributed by atoms with Crippen LogP contribution in [0.15, 0.2) is 51.4 Å². The van der Waals surface area contributed by atoms with Crippen LogP contribution in [-0.2, 0) is 4.43 Å². The fourth-order valence-corrected chi connectivity index (χ4v) is 4.94. The van der Waals surface area contributed by atoms with Crippen LogP contribution in [0.2, 0.25) is 23.2 Å². The third kappa shape index (κ3) is 6.04. The fraction of sp³-hybridized carbons (Fsp3) is 0.375. The highest BCUT2D eigenvalue weighted by Gasteiger charge is 2.41. The van der Waals surface area contributed by atoms with E-state index in [4.69, 9.17) is 20.4 Å². The van der Waals surface area contributed by atoms with Crippen molar-refractivity contribution in [1.82, 2.24) is 10.2 Å². The summed E-state index contributed by atoms with van der Waals surface area (Å²) >= 11 is 9.70. The van der Waals surface area contributed by atoms with Crippen molar-refractivity contribution < 1.29 is 8.84 Å². The average Bonchev–Trinajstić information content (AvgIpc) is 3.21. The SMILES string of the molecule is CC(O[Si](C)(C)C(C)(C)C)C(Nc1ccc(C#N)c(Cl)c1)c1nnc(-c2ccc(Br)cc2)o1. The molecule has 0 aliphatic rings. The van der Waals surface area contributed by atoms with Gasteiger partial charge in [-0.15, -0.1) is 10.2 Å². The zero-order chi connectivity index (χ0) is 24.4. The molecule has 2 unspecified atom stereocenters. The van der Waals surface area contributed by atoms with Crippen LogP contribution < -0.4 is 5.32 Å². The standard InChI is InChI=1S/C24H28BrClN4O2Si/c1-15(32-33(5,6)24(2,3)4)21(28-19-12-9-17(14-27)20(26)13-19)23-30-29-22(31-23)16-7-10-18(25)11-8-16/h7-13,15,21,28H,1-6H3. The minimum atomic E-state index is -2.07. The monoisotopic (exact) mass is 546 g/mol. The van der Waals surface area contributed by atoms with Crippen LogP contribution in [0, 0.1) is 11.3 Å². The number of anilines is 1. The Bertz CT molecular complexity index is 1150. The van der Waals surface area contributed by atoms with E-state index in [1.165, 1.54) is 0 Å². The zero-order valence-electron chi connectivity index (χ0n) is 19.6. The summed E-state index contributed by atoms with van der Waals surface area (Å²) in [4.78, 5) is 0. The summed E-state index contributed by atoms with van der Waals surface area (Å²) in [5.74, 6) is 0.848. The molecule has 9 heteroatoms. The van der Waals surface area contributed by atoms with Crippen LogP contribution >= 0.6 is 27.5 Å². The number of halogens is 2. The minimum absolute atomic E-state index is 0.0426. The molecule has 33 heavy (non-hydrogen) atoms. The van der Waals surface area contributed by atoms with Crippen molar-refractivity contribution in [3.05, 3.63) is 63.4 Å². The van der Waals surface area contributed by atoms with Gasteiger partial charge in [0.25, 0.3) is 0 Å². The average molecular weight is 548 g/mol. The Balaban J connectivity index is 1.95. The summed E-state index contributed by atoms with van der Waals surface area (Å²) in [5.41, 5.74) is 1.98. The second-order valence-electron chi connectivity index (χ2n) is 9.46.